The van der Waals surface area contributed by atoms with Crippen molar-refractivity contribution in [1.29, 1.82) is 0 Å². The van der Waals surface area contributed by atoms with Crippen molar-refractivity contribution in [2.24, 2.45) is 0 Å². The Kier molecular flexibility index (Phi) is 6.54. The normalized spacial score (nSPS) is 16.0. The van der Waals surface area contributed by atoms with E-state index in [0.717, 1.165) is 37.6 Å². The number of amides is 1. The summed E-state index contributed by atoms with van der Waals surface area (Å²) in [5.74, 6) is 0.852. The van der Waals surface area contributed by atoms with Crippen molar-refractivity contribution < 1.29 is 9.59 Å². The highest BCUT2D eigenvalue weighted by Crippen LogP contribution is 2.12. The fraction of sp³-hybridized carbons (Fsp3) is 0.381. The van der Waals surface area contributed by atoms with E-state index in [-0.39, 0.29) is 11.7 Å². The maximum absolute atomic E-state index is 12.4. The van der Waals surface area contributed by atoms with Crippen LogP contribution in [0.4, 0.5) is 5.82 Å². The minimum absolute atomic E-state index is 0.0211. The zero-order chi connectivity index (χ0) is 19.1. The van der Waals surface area contributed by atoms with Crippen LogP contribution in [0.3, 0.4) is 0 Å². The van der Waals surface area contributed by atoms with Crippen molar-refractivity contribution in [1.82, 2.24) is 15.2 Å². The number of ketones is 1. The second-order valence-electron chi connectivity index (χ2n) is 6.87. The summed E-state index contributed by atoms with van der Waals surface area (Å²) in [6, 6.07) is 15.2. The smallest absolute Gasteiger partial charge is 0.234 e. The lowest BCUT2D eigenvalue weighted by Gasteiger charge is -2.35. The highest BCUT2D eigenvalue weighted by atomic mass is 16.2. The summed E-state index contributed by atoms with van der Waals surface area (Å²) < 4.78 is 0. The van der Waals surface area contributed by atoms with Crippen molar-refractivity contribution in [3.8, 4) is 0 Å². The summed E-state index contributed by atoms with van der Waals surface area (Å²) in [5.41, 5.74) is 1.04. The highest BCUT2D eigenvalue weighted by Gasteiger charge is 2.22. The van der Waals surface area contributed by atoms with Crippen LogP contribution in [0.2, 0.25) is 0 Å². The van der Waals surface area contributed by atoms with Gasteiger partial charge in [0.15, 0.2) is 5.78 Å². The third-order valence-electron chi connectivity index (χ3n) is 4.82. The molecule has 2 heterocycles. The standard InChI is InChI=1S/C21H26N4O2/c1-17(26)19(15-18-7-3-2-4-8-18)23-21(27)16-24-11-13-25(14-12-24)20-9-5-6-10-22-20/h2-10,19H,11-16H2,1H3,(H,23,27)/t19-/m1/s1. The van der Waals surface area contributed by atoms with Crippen molar-refractivity contribution in [2.45, 2.75) is 19.4 Å². The molecule has 1 aliphatic rings. The van der Waals surface area contributed by atoms with E-state index in [0.29, 0.717) is 13.0 Å². The fourth-order valence-corrected chi connectivity index (χ4v) is 3.27. The van der Waals surface area contributed by atoms with Crippen LogP contribution in [-0.2, 0) is 16.0 Å². The lowest BCUT2D eigenvalue weighted by Crippen LogP contribution is -2.51. The lowest BCUT2D eigenvalue weighted by atomic mass is 10.0. The van der Waals surface area contributed by atoms with Crippen LogP contribution in [-0.4, -0.2) is 60.3 Å². The molecule has 1 amide bonds. The Hall–Kier alpha value is -2.73. The molecule has 1 fully saturated rings. The van der Waals surface area contributed by atoms with Crippen molar-refractivity contribution in [2.75, 3.05) is 37.6 Å². The number of Topliss-reactive ketones (excluding diaryl/α,β-unsaturated/α-hetero) is 1. The molecule has 6 nitrogen and oxygen atoms in total. The number of benzene rings is 1. The number of nitrogens with one attached hydrogen (secondary N) is 1. The van der Waals surface area contributed by atoms with Gasteiger partial charge in [-0.15, -0.1) is 0 Å². The summed E-state index contributed by atoms with van der Waals surface area (Å²) in [4.78, 5) is 33.1. The number of piperazine rings is 1. The Labute approximate surface area is 160 Å². The number of aromatic nitrogens is 1. The molecule has 1 N–H and O–H groups in total. The minimum Gasteiger partial charge on any atom is -0.354 e. The van der Waals surface area contributed by atoms with Crippen molar-refractivity contribution >= 4 is 17.5 Å². The van der Waals surface area contributed by atoms with Crippen LogP contribution in [0.1, 0.15) is 12.5 Å². The van der Waals surface area contributed by atoms with Crippen LogP contribution in [0, 0.1) is 0 Å². The number of anilines is 1. The number of nitrogens with zero attached hydrogens (tertiary/aromatic N) is 3. The van der Waals surface area contributed by atoms with E-state index in [1.165, 1.54) is 6.92 Å². The van der Waals surface area contributed by atoms with E-state index in [9.17, 15) is 9.59 Å². The molecular formula is C21H26N4O2. The molecule has 6 heteroatoms. The van der Waals surface area contributed by atoms with E-state index < -0.39 is 6.04 Å². The number of hydrogen-bond donors (Lipinski definition) is 1. The van der Waals surface area contributed by atoms with Gasteiger partial charge in [-0.1, -0.05) is 36.4 Å². The highest BCUT2D eigenvalue weighted by molar-refractivity contribution is 5.88. The molecular weight excluding hydrogens is 340 g/mol. The number of hydrogen-bond acceptors (Lipinski definition) is 5. The molecule has 1 aliphatic heterocycles. The number of carbonyl (C=O) groups excluding carboxylic acids is 2. The summed E-state index contributed by atoms with van der Waals surface area (Å²) in [7, 11) is 0. The van der Waals surface area contributed by atoms with Crippen molar-refractivity contribution in [3.63, 3.8) is 0 Å². The number of pyridine rings is 1. The topological polar surface area (TPSA) is 65.5 Å². The average molecular weight is 366 g/mol. The first-order chi connectivity index (χ1) is 13.1. The van der Waals surface area contributed by atoms with E-state index in [4.69, 9.17) is 0 Å². The Bertz CT molecular complexity index is 743. The Morgan fingerprint density at radius 2 is 1.74 bits per heavy atom. The Balaban J connectivity index is 1.48. The van der Waals surface area contributed by atoms with Crippen LogP contribution in [0.25, 0.3) is 0 Å². The third kappa shape index (κ3) is 5.62. The van der Waals surface area contributed by atoms with Crippen LogP contribution in [0.5, 0.6) is 0 Å². The molecule has 0 aliphatic carbocycles. The van der Waals surface area contributed by atoms with Gasteiger partial charge in [-0.3, -0.25) is 14.5 Å². The molecule has 0 spiro atoms. The largest absolute Gasteiger partial charge is 0.354 e. The molecule has 1 saturated heterocycles. The molecule has 27 heavy (non-hydrogen) atoms. The zero-order valence-electron chi connectivity index (χ0n) is 15.7. The van der Waals surface area contributed by atoms with Gasteiger partial charge in [0.05, 0.1) is 12.6 Å². The molecule has 0 bridgehead atoms. The third-order valence-corrected chi connectivity index (χ3v) is 4.82. The average Bonchev–Trinajstić information content (AvgIpc) is 2.69. The first-order valence-corrected chi connectivity index (χ1v) is 9.34. The maximum atomic E-state index is 12.4. The van der Waals surface area contributed by atoms with Crippen molar-refractivity contribution in [3.05, 3.63) is 60.3 Å². The van der Waals surface area contributed by atoms with Gasteiger partial charge in [0.2, 0.25) is 5.91 Å². The summed E-state index contributed by atoms with van der Waals surface area (Å²) >= 11 is 0. The molecule has 1 aromatic heterocycles. The van der Waals surface area contributed by atoms with Gasteiger partial charge in [-0.05, 0) is 31.0 Å². The maximum Gasteiger partial charge on any atom is 0.234 e. The molecule has 1 atom stereocenters. The minimum atomic E-state index is -0.477. The molecule has 2 aromatic rings. The van der Waals surface area contributed by atoms with Gasteiger partial charge in [0.25, 0.3) is 0 Å². The molecule has 1 aromatic carbocycles. The summed E-state index contributed by atoms with van der Waals surface area (Å²) in [6.45, 7) is 5.11. The second-order valence-corrected chi connectivity index (χ2v) is 6.87. The quantitative estimate of drug-likeness (QED) is 0.805. The van der Waals surface area contributed by atoms with E-state index in [1.54, 1.807) is 6.20 Å². The fourth-order valence-electron chi connectivity index (χ4n) is 3.27. The van der Waals surface area contributed by atoms with E-state index in [1.807, 2.05) is 48.5 Å². The number of carbonyl (C=O) groups is 2. The first kappa shape index (κ1) is 19.0. The zero-order valence-corrected chi connectivity index (χ0v) is 15.7. The Morgan fingerprint density at radius 3 is 2.37 bits per heavy atom. The monoisotopic (exact) mass is 366 g/mol. The second kappa shape index (κ2) is 9.28. The number of rotatable bonds is 7. The van der Waals surface area contributed by atoms with E-state index >= 15 is 0 Å². The predicted molar refractivity (Wildman–Crippen MR) is 106 cm³/mol. The predicted octanol–water partition coefficient (Wildman–Crippen LogP) is 1.52. The Morgan fingerprint density at radius 1 is 1.04 bits per heavy atom. The summed E-state index contributed by atoms with van der Waals surface area (Å²) in [5, 5.41) is 2.90. The van der Waals surface area contributed by atoms with Gasteiger partial charge < -0.3 is 10.2 Å². The molecule has 3 rings (SSSR count). The molecule has 0 radical (unpaired) electrons. The van der Waals surface area contributed by atoms with Gasteiger partial charge >= 0.3 is 0 Å². The molecule has 0 saturated carbocycles. The SMILES string of the molecule is CC(=O)[C@@H](Cc1ccccc1)NC(=O)CN1CCN(c2ccccn2)CC1. The molecule has 142 valence electrons. The van der Waals surface area contributed by atoms with E-state index in [2.05, 4.69) is 20.1 Å². The molecule has 0 unspecified atom stereocenters. The first-order valence-electron chi connectivity index (χ1n) is 9.34. The summed E-state index contributed by atoms with van der Waals surface area (Å²) in [6.07, 6.45) is 2.32. The van der Waals surface area contributed by atoms with Gasteiger partial charge in [-0.2, -0.15) is 0 Å². The van der Waals surface area contributed by atoms with Gasteiger partial charge in [-0.25, -0.2) is 4.98 Å². The van der Waals surface area contributed by atoms with Crippen LogP contribution < -0.4 is 10.2 Å². The van der Waals surface area contributed by atoms with Crippen LogP contribution in [0.15, 0.2) is 54.7 Å². The van der Waals surface area contributed by atoms with Gasteiger partial charge in [0.1, 0.15) is 5.82 Å². The lowest BCUT2D eigenvalue weighted by molar-refractivity contribution is -0.127. The van der Waals surface area contributed by atoms with Crippen LogP contribution >= 0.6 is 0 Å². The van der Waals surface area contributed by atoms with Gasteiger partial charge in [0, 0.05) is 32.4 Å².